The molecule has 0 radical (unpaired) electrons. The maximum atomic E-state index is 6.54. The number of hydrogen-bond acceptors (Lipinski definition) is 3. The molecule has 2 heterocycles. The van der Waals surface area contributed by atoms with Crippen LogP contribution < -0.4 is 14.2 Å². The molecule has 0 N–H and O–H groups in total. The molecule has 0 spiro atoms. The van der Waals surface area contributed by atoms with Crippen molar-refractivity contribution in [2.45, 2.75) is 24.4 Å². The van der Waals surface area contributed by atoms with Gasteiger partial charge in [-0.15, -0.1) is 0 Å². The van der Waals surface area contributed by atoms with Gasteiger partial charge in [-0.1, -0.05) is 109 Å². The lowest BCUT2D eigenvalue weighted by atomic mass is 9.65. The van der Waals surface area contributed by atoms with Crippen LogP contribution in [0.5, 0.6) is 17.2 Å². The average Bonchev–Trinajstić information content (AvgIpc) is 3.38. The van der Waals surface area contributed by atoms with Crippen molar-refractivity contribution in [3.8, 4) is 17.2 Å². The van der Waals surface area contributed by atoms with Gasteiger partial charge in [0.15, 0.2) is 0 Å². The van der Waals surface area contributed by atoms with Crippen molar-refractivity contribution in [1.29, 1.82) is 0 Å². The molecular weight excluding hydrogens is 480 g/mol. The van der Waals surface area contributed by atoms with Crippen molar-refractivity contribution in [3.05, 3.63) is 161 Å². The van der Waals surface area contributed by atoms with Gasteiger partial charge in [0.25, 0.3) is 0 Å². The first-order valence-electron chi connectivity index (χ1n) is 13.7. The van der Waals surface area contributed by atoms with Crippen molar-refractivity contribution in [2.24, 2.45) is 0 Å². The Labute approximate surface area is 229 Å². The number of benzene rings is 5. The maximum Gasteiger partial charge on any atom is 0.138 e. The lowest BCUT2D eigenvalue weighted by Gasteiger charge is -2.38. The van der Waals surface area contributed by atoms with Gasteiger partial charge in [-0.25, -0.2) is 0 Å². The Morgan fingerprint density at radius 2 is 1.23 bits per heavy atom. The van der Waals surface area contributed by atoms with Gasteiger partial charge < -0.3 is 14.2 Å². The van der Waals surface area contributed by atoms with E-state index in [0.29, 0.717) is 13.2 Å². The molecule has 2 aliphatic rings. The fourth-order valence-electron chi connectivity index (χ4n) is 6.39. The largest absolute Gasteiger partial charge is 0.494 e. The summed E-state index contributed by atoms with van der Waals surface area (Å²) < 4.78 is 18.8. The van der Waals surface area contributed by atoms with Crippen LogP contribution in [0, 0.1) is 0 Å². The van der Waals surface area contributed by atoms with Crippen molar-refractivity contribution in [1.82, 2.24) is 0 Å². The second-order valence-corrected chi connectivity index (χ2v) is 10.2. The first kappa shape index (κ1) is 23.6. The molecule has 2 aliphatic heterocycles. The number of rotatable bonds is 6. The van der Waals surface area contributed by atoms with E-state index in [4.69, 9.17) is 14.2 Å². The van der Waals surface area contributed by atoms with E-state index in [1.807, 2.05) is 19.1 Å². The highest BCUT2D eigenvalue weighted by atomic mass is 16.5. The zero-order valence-corrected chi connectivity index (χ0v) is 21.9. The zero-order valence-electron chi connectivity index (χ0n) is 21.9. The molecule has 0 aromatic heterocycles. The molecule has 39 heavy (non-hydrogen) atoms. The predicted octanol–water partition coefficient (Wildman–Crippen LogP) is 8.08. The van der Waals surface area contributed by atoms with Crippen LogP contribution in [0.25, 0.3) is 0 Å². The van der Waals surface area contributed by atoms with Gasteiger partial charge in [0, 0.05) is 17.2 Å². The Morgan fingerprint density at radius 1 is 0.641 bits per heavy atom. The maximum absolute atomic E-state index is 6.54. The Hall–Kier alpha value is -4.50. The van der Waals surface area contributed by atoms with E-state index >= 15 is 0 Å². The Kier molecular flexibility index (Phi) is 5.85. The third-order valence-electron chi connectivity index (χ3n) is 8.11. The third kappa shape index (κ3) is 3.80. The summed E-state index contributed by atoms with van der Waals surface area (Å²) in [5.41, 5.74) is 6.57. The fraction of sp³-hybridized carbons (Fsp3) is 0.167. The molecule has 0 fully saturated rings. The van der Waals surface area contributed by atoms with Crippen molar-refractivity contribution in [3.63, 3.8) is 0 Å². The van der Waals surface area contributed by atoms with Crippen LogP contribution in [0.4, 0.5) is 0 Å². The zero-order chi connectivity index (χ0) is 26.2. The molecule has 0 saturated heterocycles. The quantitative estimate of drug-likeness (QED) is 0.216. The fourth-order valence-corrected chi connectivity index (χ4v) is 6.39. The van der Waals surface area contributed by atoms with Crippen LogP contribution in [0.15, 0.2) is 127 Å². The summed E-state index contributed by atoms with van der Waals surface area (Å²) in [5, 5.41) is 0. The Bertz CT molecular complexity index is 1500. The van der Waals surface area contributed by atoms with Crippen LogP contribution in [0.2, 0.25) is 0 Å². The molecule has 3 heteroatoms. The van der Waals surface area contributed by atoms with Gasteiger partial charge >= 0.3 is 0 Å². The minimum absolute atomic E-state index is 0.0748. The minimum atomic E-state index is -0.509. The highest BCUT2D eigenvalue weighted by molar-refractivity contribution is 5.62. The van der Waals surface area contributed by atoms with Gasteiger partial charge in [0.2, 0.25) is 0 Å². The van der Waals surface area contributed by atoms with Gasteiger partial charge in [-0.3, -0.25) is 0 Å². The summed E-state index contributed by atoms with van der Waals surface area (Å²) in [6.45, 7) is 3.21. The van der Waals surface area contributed by atoms with Crippen molar-refractivity contribution < 1.29 is 14.2 Å². The lowest BCUT2D eigenvalue weighted by Crippen LogP contribution is -2.31. The molecule has 7 rings (SSSR count). The van der Waals surface area contributed by atoms with E-state index in [1.54, 1.807) is 0 Å². The molecule has 3 nitrogen and oxygen atoms in total. The van der Waals surface area contributed by atoms with E-state index in [2.05, 4.69) is 115 Å². The molecule has 0 aliphatic carbocycles. The van der Waals surface area contributed by atoms with Crippen LogP contribution in [0.3, 0.4) is 0 Å². The average molecular weight is 511 g/mol. The summed E-state index contributed by atoms with van der Waals surface area (Å²) in [6.07, 6.45) is -0.0748. The minimum Gasteiger partial charge on any atom is -0.494 e. The molecule has 5 aromatic carbocycles. The van der Waals surface area contributed by atoms with Crippen LogP contribution in [0.1, 0.15) is 52.3 Å². The molecular formula is C36H30O3. The van der Waals surface area contributed by atoms with Gasteiger partial charge in [0.1, 0.15) is 23.4 Å². The summed E-state index contributed by atoms with van der Waals surface area (Å²) in [4.78, 5) is 0. The van der Waals surface area contributed by atoms with Gasteiger partial charge in [-0.2, -0.15) is 0 Å². The Morgan fingerprint density at radius 3 is 1.82 bits per heavy atom. The Balaban J connectivity index is 1.38. The third-order valence-corrected chi connectivity index (χ3v) is 8.11. The van der Waals surface area contributed by atoms with Crippen LogP contribution in [-0.4, -0.2) is 13.2 Å². The van der Waals surface area contributed by atoms with E-state index in [-0.39, 0.29) is 12.0 Å². The predicted molar refractivity (Wildman–Crippen MR) is 154 cm³/mol. The summed E-state index contributed by atoms with van der Waals surface area (Å²) >= 11 is 0. The molecule has 0 unspecified atom stereocenters. The summed E-state index contributed by atoms with van der Waals surface area (Å²) in [5.74, 6) is 2.78. The van der Waals surface area contributed by atoms with E-state index in [9.17, 15) is 0 Å². The van der Waals surface area contributed by atoms with E-state index in [0.717, 1.165) is 28.4 Å². The highest BCUT2D eigenvalue weighted by Crippen LogP contribution is 2.53. The monoisotopic (exact) mass is 510 g/mol. The van der Waals surface area contributed by atoms with E-state index in [1.165, 1.54) is 22.3 Å². The number of fused-ring (bicyclic) bond motifs is 5. The smallest absolute Gasteiger partial charge is 0.138 e. The van der Waals surface area contributed by atoms with Gasteiger partial charge in [-0.05, 0) is 41.3 Å². The first-order valence-corrected chi connectivity index (χ1v) is 13.7. The number of ether oxygens (including phenoxy) is 3. The van der Waals surface area contributed by atoms with Crippen molar-refractivity contribution in [2.75, 3.05) is 13.2 Å². The molecule has 192 valence electrons. The summed E-state index contributed by atoms with van der Waals surface area (Å²) in [6, 6.07) is 45.2. The van der Waals surface area contributed by atoms with Gasteiger partial charge in [0.05, 0.1) is 24.5 Å². The molecule has 2 atom stereocenters. The van der Waals surface area contributed by atoms with Crippen LogP contribution in [-0.2, 0) is 5.41 Å². The second-order valence-electron chi connectivity index (χ2n) is 10.2. The molecule has 5 aromatic rings. The van der Waals surface area contributed by atoms with E-state index < -0.39 is 5.41 Å². The standard InChI is InChI=1S/C36H30O3/c1-2-37-29-19-21-30-32-24-38-33-22-28(18-20-31(33)35(32)39-34(30)23-29)36(25-12-6-3-7-13-25,26-14-8-4-9-15-26)27-16-10-5-11-17-27/h3-23,32,35H,2,24H2,1H3/t32-,35-/m1/s1. The SMILES string of the molecule is CCOc1ccc2c(c1)O[C@@H]1c3ccc(C(c4ccccc4)(c4ccccc4)c4ccccc4)cc3OC[C@H]21. The lowest BCUT2D eigenvalue weighted by molar-refractivity contribution is 0.139. The molecule has 0 amide bonds. The van der Waals surface area contributed by atoms with Crippen LogP contribution >= 0.6 is 0 Å². The first-order chi connectivity index (χ1) is 19.3. The number of hydrogen-bond donors (Lipinski definition) is 0. The second kappa shape index (κ2) is 9.67. The summed E-state index contributed by atoms with van der Waals surface area (Å²) in [7, 11) is 0. The van der Waals surface area contributed by atoms with Crippen molar-refractivity contribution >= 4 is 0 Å². The molecule has 0 saturated carbocycles. The molecule has 0 bridgehead atoms. The normalized spacial score (nSPS) is 17.3. The highest BCUT2D eigenvalue weighted by Gasteiger charge is 2.43. The topological polar surface area (TPSA) is 27.7 Å².